The number of rotatable bonds is 11. The third-order valence-corrected chi connectivity index (χ3v) is 3.94. The molecule has 0 aliphatic rings. The summed E-state index contributed by atoms with van der Waals surface area (Å²) in [7, 11) is -5.17. The summed E-state index contributed by atoms with van der Waals surface area (Å²) in [6.07, 6.45) is 15.5. The van der Waals surface area contributed by atoms with Gasteiger partial charge >= 0.3 is 59.1 Å². The van der Waals surface area contributed by atoms with Crippen molar-refractivity contribution in [1.29, 1.82) is 0 Å². The Bertz CT molecular complexity index is 497. The number of hydrogen-bond acceptors (Lipinski definition) is 4. The molecule has 0 aromatic heterocycles. The molecular formula is C19H32Na2O4S. The summed E-state index contributed by atoms with van der Waals surface area (Å²) in [6, 6.07) is 9.02. The minimum absolute atomic E-state index is 0. The van der Waals surface area contributed by atoms with E-state index in [1.807, 2.05) is 0 Å². The Labute approximate surface area is 205 Å². The van der Waals surface area contributed by atoms with Gasteiger partial charge in [-0.15, -0.1) is 0 Å². The van der Waals surface area contributed by atoms with Crippen LogP contribution in [0.4, 0.5) is 0 Å². The molecule has 0 saturated carbocycles. The van der Waals surface area contributed by atoms with Gasteiger partial charge in [-0.3, -0.25) is 8.42 Å². The van der Waals surface area contributed by atoms with Crippen LogP contribution in [0, 0.1) is 6.92 Å². The van der Waals surface area contributed by atoms with Crippen LogP contribution in [0.5, 0.6) is 0 Å². The molecule has 0 aliphatic heterocycles. The molecule has 0 fully saturated rings. The van der Waals surface area contributed by atoms with Gasteiger partial charge in [0, 0.05) is 10.4 Å². The van der Waals surface area contributed by atoms with Gasteiger partial charge in [0.1, 0.15) is 0 Å². The summed E-state index contributed by atoms with van der Waals surface area (Å²) < 4.78 is 34.1. The molecule has 0 aliphatic carbocycles. The number of unbranched alkanes of at least 4 members (excludes halogenated alkanes) is 9. The Hall–Kier alpha value is 1.09. The summed E-state index contributed by atoms with van der Waals surface area (Å²) in [5, 5.41) is 0. The fourth-order valence-corrected chi connectivity index (χ4v) is 2.57. The zero-order chi connectivity index (χ0) is 18.3. The van der Waals surface area contributed by atoms with Crippen molar-refractivity contribution in [3.05, 3.63) is 35.4 Å². The largest absolute Gasteiger partial charge is 1.00 e. The Morgan fingerprint density at radius 2 is 1.08 bits per heavy atom. The summed E-state index contributed by atoms with van der Waals surface area (Å²) in [5.74, 6) is 0. The van der Waals surface area contributed by atoms with Gasteiger partial charge in [-0.05, 0) is 25.3 Å². The topological polar surface area (TPSA) is 80.3 Å². The second-order valence-corrected chi connectivity index (χ2v) is 7.14. The van der Waals surface area contributed by atoms with Crippen LogP contribution in [0.3, 0.4) is 0 Å². The molecule has 26 heavy (non-hydrogen) atoms. The van der Waals surface area contributed by atoms with Gasteiger partial charge in [-0.1, -0.05) is 94.5 Å². The Morgan fingerprint density at radius 3 is 1.46 bits per heavy atom. The van der Waals surface area contributed by atoms with E-state index in [2.05, 4.69) is 38.1 Å². The molecule has 0 atom stereocenters. The molecule has 1 rings (SSSR count). The van der Waals surface area contributed by atoms with E-state index in [9.17, 15) is 0 Å². The van der Waals surface area contributed by atoms with Crippen molar-refractivity contribution in [2.45, 2.75) is 84.5 Å². The van der Waals surface area contributed by atoms with Crippen LogP contribution in [0.15, 0.2) is 24.3 Å². The van der Waals surface area contributed by atoms with Crippen LogP contribution in [0.2, 0.25) is 0 Å². The average molecular weight is 403 g/mol. The maximum Gasteiger partial charge on any atom is 1.00 e. The van der Waals surface area contributed by atoms with Gasteiger partial charge in [-0.2, -0.15) is 0 Å². The van der Waals surface area contributed by atoms with Crippen molar-refractivity contribution in [3.8, 4) is 0 Å². The van der Waals surface area contributed by atoms with Crippen molar-refractivity contribution in [3.63, 3.8) is 0 Å². The van der Waals surface area contributed by atoms with Crippen LogP contribution < -0.4 is 59.1 Å². The van der Waals surface area contributed by atoms with Crippen LogP contribution in [0.1, 0.15) is 82.3 Å². The SMILES string of the molecule is CCCCCCCCCCCCc1ccc(C)cc1.O=S(=O)([O-])[O-].[Na+].[Na+]. The number of benzene rings is 1. The van der Waals surface area contributed by atoms with Gasteiger partial charge in [0.15, 0.2) is 0 Å². The van der Waals surface area contributed by atoms with E-state index in [-0.39, 0.29) is 59.1 Å². The molecule has 0 unspecified atom stereocenters. The van der Waals surface area contributed by atoms with Crippen molar-refractivity contribution in [2.24, 2.45) is 0 Å². The predicted octanol–water partition coefficient (Wildman–Crippen LogP) is -0.872. The third-order valence-electron chi connectivity index (χ3n) is 3.94. The second kappa shape index (κ2) is 20.8. The number of aryl methyl sites for hydroxylation is 2. The van der Waals surface area contributed by atoms with Gasteiger partial charge in [0.2, 0.25) is 0 Å². The minimum atomic E-state index is -5.17. The second-order valence-electron chi connectivity index (χ2n) is 6.33. The summed E-state index contributed by atoms with van der Waals surface area (Å²) >= 11 is 0. The zero-order valence-electron chi connectivity index (χ0n) is 17.1. The Kier molecular flexibility index (Phi) is 25.4. The Balaban J connectivity index is -0.000000668. The quantitative estimate of drug-likeness (QED) is 0.209. The minimum Gasteiger partial charge on any atom is -0.759 e. The smallest absolute Gasteiger partial charge is 0.759 e. The monoisotopic (exact) mass is 402 g/mol. The summed E-state index contributed by atoms with van der Waals surface area (Å²) in [6.45, 7) is 4.44. The molecular weight excluding hydrogens is 370 g/mol. The first kappa shape index (κ1) is 31.8. The first-order chi connectivity index (χ1) is 11.3. The maximum atomic E-state index is 8.52. The molecule has 1 aromatic carbocycles. The fourth-order valence-electron chi connectivity index (χ4n) is 2.57. The molecule has 0 radical (unpaired) electrons. The maximum absolute atomic E-state index is 8.52. The molecule has 0 amide bonds. The summed E-state index contributed by atoms with van der Waals surface area (Å²) in [5.41, 5.74) is 2.87. The fraction of sp³-hybridized carbons (Fsp3) is 0.684. The van der Waals surface area contributed by atoms with Gasteiger partial charge < -0.3 is 9.11 Å². The average Bonchev–Trinajstić information content (AvgIpc) is 2.49. The van der Waals surface area contributed by atoms with Crippen LogP contribution in [-0.2, 0) is 16.8 Å². The van der Waals surface area contributed by atoms with Crippen LogP contribution in [0.25, 0.3) is 0 Å². The van der Waals surface area contributed by atoms with Crippen LogP contribution in [-0.4, -0.2) is 17.5 Å². The van der Waals surface area contributed by atoms with Crippen molar-refractivity contribution in [1.82, 2.24) is 0 Å². The van der Waals surface area contributed by atoms with Gasteiger partial charge in [-0.25, -0.2) is 0 Å². The normalized spacial score (nSPS) is 10.2. The van der Waals surface area contributed by atoms with Crippen LogP contribution >= 0.6 is 0 Å². The van der Waals surface area contributed by atoms with Gasteiger partial charge in [0.25, 0.3) is 0 Å². The zero-order valence-corrected chi connectivity index (χ0v) is 21.9. The van der Waals surface area contributed by atoms with E-state index in [0.29, 0.717) is 0 Å². The van der Waals surface area contributed by atoms with Crippen molar-refractivity contribution < 1.29 is 76.6 Å². The molecule has 1 aromatic rings. The molecule has 0 spiro atoms. The van der Waals surface area contributed by atoms with E-state index in [1.54, 1.807) is 0 Å². The van der Waals surface area contributed by atoms with E-state index >= 15 is 0 Å². The third kappa shape index (κ3) is 27.3. The van der Waals surface area contributed by atoms with Gasteiger partial charge in [0.05, 0.1) is 0 Å². The van der Waals surface area contributed by atoms with Crippen molar-refractivity contribution in [2.75, 3.05) is 0 Å². The van der Waals surface area contributed by atoms with E-state index in [4.69, 9.17) is 17.5 Å². The molecule has 0 saturated heterocycles. The summed E-state index contributed by atoms with van der Waals surface area (Å²) in [4.78, 5) is 0. The first-order valence-electron chi connectivity index (χ1n) is 9.05. The first-order valence-corrected chi connectivity index (χ1v) is 10.4. The Morgan fingerprint density at radius 1 is 0.731 bits per heavy atom. The molecule has 140 valence electrons. The predicted molar refractivity (Wildman–Crippen MR) is 97.2 cm³/mol. The molecule has 4 nitrogen and oxygen atoms in total. The molecule has 7 heteroatoms. The van der Waals surface area contributed by atoms with E-state index in [0.717, 1.165) is 0 Å². The standard InChI is InChI=1S/C19H32.2Na.H2O4S/c1-3-4-5-6-7-8-9-10-11-12-13-19-16-14-18(2)15-17-19;;;1-5(2,3)4/h14-17H,3-13H2,1-2H3;;;(H2,1,2,3,4)/q;2*+1;/p-2. The molecule has 0 N–H and O–H groups in total. The molecule has 0 bridgehead atoms. The number of hydrogen-bond donors (Lipinski definition) is 0. The van der Waals surface area contributed by atoms with E-state index < -0.39 is 10.4 Å². The van der Waals surface area contributed by atoms with Crippen molar-refractivity contribution >= 4 is 10.4 Å². The molecule has 0 heterocycles. The van der Waals surface area contributed by atoms with E-state index in [1.165, 1.54) is 81.8 Å².